The van der Waals surface area contributed by atoms with E-state index in [9.17, 15) is 4.79 Å². The zero-order chi connectivity index (χ0) is 18.4. The van der Waals surface area contributed by atoms with Gasteiger partial charge < -0.3 is 4.42 Å². The molecule has 0 aliphatic rings. The van der Waals surface area contributed by atoms with Crippen LogP contribution in [0.3, 0.4) is 0 Å². The van der Waals surface area contributed by atoms with Crippen LogP contribution >= 0.6 is 15.9 Å². The first-order chi connectivity index (χ1) is 12.6. The third-order valence-electron chi connectivity index (χ3n) is 3.95. The Labute approximate surface area is 161 Å². The molecule has 3 rings (SSSR count). The molecule has 0 atom stereocenters. The second-order valence-electron chi connectivity index (χ2n) is 5.94. The van der Waals surface area contributed by atoms with E-state index in [0.717, 1.165) is 21.4 Å². The summed E-state index contributed by atoms with van der Waals surface area (Å²) in [6.07, 6.45) is 2.59. The molecule has 132 valence electrons. The average Bonchev–Trinajstić information content (AvgIpc) is 3.12. The van der Waals surface area contributed by atoms with Crippen molar-refractivity contribution in [3.63, 3.8) is 0 Å². The van der Waals surface area contributed by atoms with Crippen LogP contribution < -0.4 is 5.43 Å². The number of carbonyl (C=O) groups is 1. The van der Waals surface area contributed by atoms with Gasteiger partial charge in [0.2, 0.25) is 5.91 Å². The van der Waals surface area contributed by atoms with Gasteiger partial charge in [-0.15, -0.1) is 0 Å². The van der Waals surface area contributed by atoms with Crippen molar-refractivity contribution in [2.75, 3.05) is 0 Å². The Morgan fingerprint density at radius 2 is 1.96 bits per heavy atom. The Morgan fingerprint density at radius 1 is 1.15 bits per heavy atom. The minimum atomic E-state index is -0.126. The molecular formula is C21H19BrN2O2. The minimum absolute atomic E-state index is 0.126. The Morgan fingerprint density at radius 3 is 2.73 bits per heavy atom. The van der Waals surface area contributed by atoms with Crippen LogP contribution in [0.15, 0.2) is 74.7 Å². The SMILES string of the molecule is Cc1ccc(-c2ccc(/C=N/NC(=O)CCc3ccccc3)o2)cc1Br. The lowest BCUT2D eigenvalue weighted by molar-refractivity contribution is -0.121. The zero-order valence-electron chi connectivity index (χ0n) is 14.4. The molecule has 5 heteroatoms. The number of benzene rings is 2. The number of hydrazone groups is 1. The highest BCUT2D eigenvalue weighted by atomic mass is 79.9. The summed E-state index contributed by atoms with van der Waals surface area (Å²) in [5.74, 6) is 1.21. The molecule has 1 heterocycles. The van der Waals surface area contributed by atoms with Crippen molar-refractivity contribution in [2.24, 2.45) is 5.10 Å². The van der Waals surface area contributed by atoms with Gasteiger partial charge in [0, 0.05) is 16.5 Å². The van der Waals surface area contributed by atoms with E-state index in [-0.39, 0.29) is 5.91 Å². The van der Waals surface area contributed by atoms with E-state index in [1.807, 2.05) is 67.6 Å². The van der Waals surface area contributed by atoms with Gasteiger partial charge in [-0.2, -0.15) is 5.10 Å². The monoisotopic (exact) mass is 410 g/mol. The topological polar surface area (TPSA) is 54.6 Å². The average molecular weight is 411 g/mol. The summed E-state index contributed by atoms with van der Waals surface area (Å²) in [5.41, 5.74) is 5.81. The molecule has 26 heavy (non-hydrogen) atoms. The summed E-state index contributed by atoms with van der Waals surface area (Å²) < 4.78 is 6.79. The molecule has 0 aliphatic carbocycles. The number of rotatable bonds is 6. The van der Waals surface area contributed by atoms with Crippen molar-refractivity contribution in [1.82, 2.24) is 5.43 Å². The third-order valence-corrected chi connectivity index (χ3v) is 4.80. The fourth-order valence-electron chi connectivity index (χ4n) is 2.45. The summed E-state index contributed by atoms with van der Waals surface area (Å²) in [7, 11) is 0. The number of carbonyl (C=O) groups excluding carboxylic acids is 1. The van der Waals surface area contributed by atoms with Crippen molar-refractivity contribution in [3.05, 3.63) is 82.0 Å². The summed E-state index contributed by atoms with van der Waals surface area (Å²) in [4.78, 5) is 11.8. The third kappa shape index (κ3) is 4.92. The van der Waals surface area contributed by atoms with Crippen LogP contribution in [0.1, 0.15) is 23.3 Å². The molecule has 0 saturated heterocycles. The molecule has 0 bridgehead atoms. The largest absolute Gasteiger partial charge is 0.455 e. The van der Waals surface area contributed by atoms with Crippen molar-refractivity contribution < 1.29 is 9.21 Å². The van der Waals surface area contributed by atoms with Gasteiger partial charge in [-0.1, -0.05) is 58.4 Å². The maximum Gasteiger partial charge on any atom is 0.240 e. The number of hydrogen-bond acceptors (Lipinski definition) is 3. The molecule has 4 nitrogen and oxygen atoms in total. The van der Waals surface area contributed by atoms with Gasteiger partial charge in [-0.25, -0.2) is 5.43 Å². The highest BCUT2D eigenvalue weighted by molar-refractivity contribution is 9.10. The van der Waals surface area contributed by atoms with E-state index < -0.39 is 0 Å². The Hall–Kier alpha value is -2.66. The van der Waals surface area contributed by atoms with E-state index in [4.69, 9.17) is 4.42 Å². The van der Waals surface area contributed by atoms with Crippen molar-refractivity contribution >= 4 is 28.1 Å². The van der Waals surface area contributed by atoms with Crippen LogP contribution in [-0.4, -0.2) is 12.1 Å². The van der Waals surface area contributed by atoms with Crippen LogP contribution in [0.5, 0.6) is 0 Å². The smallest absolute Gasteiger partial charge is 0.240 e. The first-order valence-electron chi connectivity index (χ1n) is 8.34. The van der Waals surface area contributed by atoms with Crippen LogP contribution in [0.4, 0.5) is 0 Å². The second-order valence-corrected chi connectivity index (χ2v) is 6.80. The van der Waals surface area contributed by atoms with E-state index in [1.54, 1.807) is 0 Å². The first kappa shape index (κ1) is 18.1. The zero-order valence-corrected chi connectivity index (χ0v) is 16.0. The van der Waals surface area contributed by atoms with E-state index in [2.05, 4.69) is 26.5 Å². The van der Waals surface area contributed by atoms with Gasteiger partial charge in [0.05, 0.1) is 6.21 Å². The van der Waals surface area contributed by atoms with Gasteiger partial charge in [-0.3, -0.25) is 4.79 Å². The molecule has 3 aromatic rings. The molecule has 1 amide bonds. The maximum absolute atomic E-state index is 11.8. The number of halogens is 1. The molecular weight excluding hydrogens is 392 g/mol. The van der Waals surface area contributed by atoms with Gasteiger partial charge in [0.1, 0.15) is 11.5 Å². The molecule has 0 aliphatic heterocycles. The van der Waals surface area contributed by atoms with Crippen LogP contribution in [0.2, 0.25) is 0 Å². The summed E-state index contributed by atoms with van der Waals surface area (Å²) in [5, 5.41) is 3.96. The van der Waals surface area contributed by atoms with Crippen LogP contribution in [-0.2, 0) is 11.2 Å². The lowest BCUT2D eigenvalue weighted by Gasteiger charge is -2.01. The Bertz CT molecular complexity index is 917. The number of nitrogens with one attached hydrogen (secondary N) is 1. The quantitative estimate of drug-likeness (QED) is 0.453. The molecule has 1 aromatic heterocycles. The van der Waals surface area contributed by atoms with Gasteiger partial charge in [-0.05, 0) is 42.7 Å². The predicted molar refractivity (Wildman–Crippen MR) is 107 cm³/mol. The number of furan rings is 1. The highest BCUT2D eigenvalue weighted by Crippen LogP contribution is 2.26. The van der Waals surface area contributed by atoms with E-state index in [0.29, 0.717) is 18.6 Å². The molecule has 0 radical (unpaired) electrons. The fourth-order valence-corrected chi connectivity index (χ4v) is 2.83. The highest BCUT2D eigenvalue weighted by Gasteiger charge is 2.06. The Kier molecular flexibility index (Phi) is 6.02. The summed E-state index contributed by atoms with van der Waals surface area (Å²) in [6, 6.07) is 19.7. The van der Waals surface area contributed by atoms with Crippen molar-refractivity contribution in [2.45, 2.75) is 19.8 Å². The predicted octanol–water partition coefficient (Wildman–Crippen LogP) is 5.10. The van der Waals surface area contributed by atoms with Gasteiger partial charge >= 0.3 is 0 Å². The lowest BCUT2D eigenvalue weighted by Crippen LogP contribution is -2.17. The van der Waals surface area contributed by atoms with Crippen molar-refractivity contribution in [3.8, 4) is 11.3 Å². The van der Waals surface area contributed by atoms with E-state index >= 15 is 0 Å². The standard InChI is InChI=1S/C21H19BrN2O2/c1-15-7-9-17(13-19(15)22)20-11-10-18(26-20)14-23-24-21(25)12-8-16-5-3-2-4-6-16/h2-7,9-11,13-14H,8,12H2,1H3,(H,24,25)/b23-14+. The molecule has 0 spiro atoms. The van der Waals surface area contributed by atoms with Gasteiger partial charge in [0.25, 0.3) is 0 Å². The first-order valence-corrected chi connectivity index (χ1v) is 9.13. The normalized spacial score (nSPS) is 11.0. The number of aryl methyl sites for hydroxylation is 2. The number of hydrogen-bond donors (Lipinski definition) is 1. The molecule has 0 unspecified atom stereocenters. The Balaban J connectivity index is 1.53. The summed E-state index contributed by atoms with van der Waals surface area (Å²) in [6.45, 7) is 2.04. The van der Waals surface area contributed by atoms with Crippen LogP contribution in [0, 0.1) is 6.92 Å². The number of amides is 1. The second kappa shape index (κ2) is 8.63. The number of nitrogens with zero attached hydrogens (tertiary/aromatic N) is 1. The van der Waals surface area contributed by atoms with E-state index in [1.165, 1.54) is 11.8 Å². The van der Waals surface area contributed by atoms with Gasteiger partial charge in [0.15, 0.2) is 0 Å². The van der Waals surface area contributed by atoms with Crippen LogP contribution in [0.25, 0.3) is 11.3 Å². The van der Waals surface area contributed by atoms with Crippen molar-refractivity contribution in [1.29, 1.82) is 0 Å². The molecule has 0 fully saturated rings. The molecule has 1 N–H and O–H groups in total. The molecule has 2 aromatic carbocycles. The summed E-state index contributed by atoms with van der Waals surface area (Å²) >= 11 is 3.52. The minimum Gasteiger partial charge on any atom is -0.455 e. The fraction of sp³-hybridized carbons (Fsp3) is 0.143. The maximum atomic E-state index is 11.8. The lowest BCUT2D eigenvalue weighted by atomic mass is 10.1. The molecule has 0 saturated carbocycles.